The summed E-state index contributed by atoms with van der Waals surface area (Å²) in [6, 6.07) is 6.57. The summed E-state index contributed by atoms with van der Waals surface area (Å²) in [5.74, 6) is -1.86. The number of carbonyl (C=O) groups is 3. The van der Waals surface area contributed by atoms with Crippen molar-refractivity contribution in [1.29, 1.82) is 0 Å². The van der Waals surface area contributed by atoms with Crippen LogP contribution in [0.1, 0.15) is 26.3 Å². The predicted octanol–water partition coefficient (Wildman–Crippen LogP) is 2.92. The van der Waals surface area contributed by atoms with Gasteiger partial charge in [-0.2, -0.15) is 0 Å². The van der Waals surface area contributed by atoms with E-state index in [9.17, 15) is 14.4 Å². The normalized spacial score (nSPS) is 25.5. The Kier molecular flexibility index (Phi) is 8.52. The summed E-state index contributed by atoms with van der Waals surface area (Å²) in [6.07, 6.45) is -3.19. The van der Waals surface area contributed by atoms with E-state index in [1.807, 2.05) is 31.2 Å². The molecule has 0 radical (unpaired) electrons. The van der Waals surface area contributed by atoms with Gasteiger partial charge in [-0.1, -0.05) is 34.6 Å². The maximum atomic E-state index is 11.7. The van der Waals surface area contributed by atoms with Gasteiger partial charge >= 0.3 is 17.9 Å². The number of carbonyl (C=O) groups excluding carboxylic acids is 3. The van der Waals surface area contributed by atoms with Gasteiger partial charge in [0.25, 0.3) is 0 Å². The second-order valence-electron chi connectivity index (χ2n) is 6.62. The Hall–Kier alpha value is -2.75. The lowest BCUT2D eigenvalue weighted by Crippen LogP contribution is -2.59. The van der Waals surface area contributed by atoms with Crippen LogP contribution >= 0.6 is 11.8 Å². The molecule has 0 saturated carbocycles. The van der Waals surface area contributed by atoms with Crippen LogP contribution in [-0.2, 0) is 33.3 Å². The van der Waals surface area contributed by atoms with Gasteiger partial charge < -0.3 is 18.9 Å². The van der Waals surface area contributed by atoms with Gasteiger partial charge in [-0.05, 0) is 24.6 Å². The molecule has 0 N–H and O–H groups in total. The van der Waals surface area contributed by atoms with Gasteiger partial charge in [0.2, 0.25) is 0 Å². The fourth-order valence-corrected chi connectivity index (χ4v) is 4.02. The number of nitrogens with zero attached hydrogens (tertiary/aromatic N) is 3. The summed E-state index contributed by atoms with van der Waals surface area (Å²) in [6.45, 7) is 5.32. The number of rotatable bonds is 7. The molecule has 0 aromatic heterocycles. The third-order valence-corrected chi connectivity index (χ3v) is 5.29. The number of thioether (sulfide) groups is 1. The molecule has 0 amide bonds. The van der Waals surface area contributed by atoms with Crippen LogP contribution in [0.4, 0.5) is 0 Å². The molecule has 30 heavy (non-hydrogen) atoms. The van der Waals surface area contributed by atoms with E-state index in [1.165, 1.54) is 32.5 Å². The SMILES string of the molecule is CC(=O)OCC1OC(Sc2ccc(C)cc2)C(N=[N+]=[N-])C(OC(C)=O)C1OC(C)=O. The molecule has 1 aromatic rings. The van der Waals surface area contributed by atoms with E-state index in [1.54, 1.807) is 0 Å². The summed E-state index contributed by atoms with van der Waals surface area (Å²) < 4.78 is 21.8. The van der Waals surface area contributed by atoms with Crippen molar-refractivity contribution in [2.75, 3.05) is 6.61 Å². The zero-order chi connectivity index (χ0) is 22.3. The summed E-state index contributed by atoms with van der Waals surface area (Å²) in [5, 5.41) is 3.76. The van der Waals surface area contributed by atoms with E-state index in [0.717, 1.165) is 10.5 Å². The van der Waals surface area contributed by atoms with Crippen molar-refractivity contribution in [2.24, 2.45) is 5.11 Å². The lowest BCUT2D eigenvalue weighted by atomic mass is 9.98. The molecule has 0 aliphatic carbocycles. The molecule has 5 unspecified atom stereocenters. The maximum absolute atomic E-state index is 11.7. The van der Waals surface area contributed by atoms with Gasteiger partial charge in [-0.25, -0.2) is 0 Å². The van der Waals surface area contributed by atoms with Crippen LogP contribution in [0.25, 0.3) is 10.4 Å². The van der Waals surface area contributed by atoms with Crippen molar-refractivity contribution in [2.45, 2.75) is 62.4 Å². The maximum Gasteiger partial charge on any atom is 0.303 e. The number of ether oxygens (including phenoxy) is 4. The molecule has 2 rings (SSSR count). The third-order valence-electron chi connectivity index (χ3n) is 4.13. The van der Waals surface area contributed by atoms with Crippen molar-refractivity contribution in [3.8, 4) is 0 Å². The highest BCUT2D eigenvalue weighted by atomic mass is 32.2. The number of aryl methyl sites for hydroxylation is 1. The van der Waals surface area contributed by atoms with Gasteiger partial charge in [-0.3, -0.25) is 14.4 Å². The molecule has 5 atom stereocenters. The highest BCUT2D eigenvalue weighted by Crippen LogP contribution is 2.37. The van der Waals surface area contributed by atoms with Crippen LogP contribution in [-0.4, -0.2) is 54.3 Å². The topological polar surface area (TPSA) is 137 Å². The minimum atomic E-state index is -1.13. The summed E-state index contributed by atoms with van der Waals surface area (Å²) in [4.78, 5) is 38.4. The second kappa shape index (κ2) is 10.9. The smallest absolute Gasteiger partial charge is 0.303 e. The van der Waals surface area contributed by atoms with Crippen LogP contribution in [0.3, 0.4) is 0 Å². The second-order valence-corrected chi connectivity index (χ2v) is 7.79. The standard InChI is InChI=1S/C19H23N3O7S/c1-10-5-7-14(8-6-10)30-19-16(21-22-20)18(28-13(4)25)17(27-12(3)24)15(29-19)9-26-11(2)23/h5-8,15-19H,9H2,1-4H3. The first-order valence-corrected chi connectivity index (χ1v) is 10.00. The molecule has 0 bridgehead atoms. The Balaban J connectivity index is 2.41. The molecule has 1 aliphatic rings. The van der Waals surface area contributed by atoms with E-state index in [4.69, 9.17) is 24.5 Å². The van der Waals surface area contributed by atoms with Crippen molar-refractivity contribution in [3.05, 3.63) is 40.3 Å². The van der Waals surface area contributed by atoms with Crippen LogP contribution in [0.2, 0.25) is 0 Å². The average molecular weight is 437 g/mol. The predicted molar refractivity (Wildman–Crippen MR) is 106 cm³/mol. The van der Waals surface area contributed by atoms with E-state index < -0.39 is 47.7 Å². The van der Waals surface area contributed by atoms with Gasteiger partial charge in [0.1, 0.15) is 24.2 Å². The van der Waals surface area contributed by atoms with Gasteiger partial charge in [0.15, 0.2) is 12.2 Å². The van der Waals surface area contributed by atoms with Crippen molar-refractivity contribution in [1.82, 2.24) is 0 Å². The largest absolute Gasteiger partial charge is 0.463 e. The number of benzene rings is 1. The van der Waals surface area contributed by atoms with E-state index >= 15 is 0 Å². The highest BCUT2D eigenvalue weighted by Gasteiger charge is 2.50. The van der Waals surface area contributed by atoms with Crippen molar-refractivity contribution >= 4 is 29.7 Å². The average Bonchev–Trinajstić information content (AvgIpc) is 2.66. The minimum Gasteiger partial charge on any atom is -0.463 e. The molecule has 1 aromatic carbocycles. The summed E-state index contributed by atoms with van der Waals surface area (Å²) in [5.41, 5.74) is 9.35. The lowest BCUT2D eigenvalue weighted by Gasteiger charge is -2.43. The quantitative estimate of drug-likeness (QED) is 0.209. The minimum absolute atomic E-state index is 0.237. The van der Waals surface area contributed by atoms with Gasteiger partial charge in [-0.15, -0.1) is 0 Å². The van der Waals surface area contributed by atoms with Crippen molar-refractivity contribution in [3.63, 3.8) is 0 Å². The number of esters is 3. The fourth-order valence-electron chi connectivity index (χ4n) is 2.92. The van der Waals surface area contributed by atoms with E-state index in [-0.39, 0.29) is 6.61 Å². The molecule has 0 spiro atoms. The van der Waals surface area contributed by atoms with Crippen LogP contribution in [0.15, 0.2) is 34.3 Å². The zero-order valence-electron chi connectivity index (χ0n) is 17.0. The van der Waals surface area contributed by atoms with E-state index in [2.05, 4.69) is 10.0 Å². The lowest BCUT2D eigenvalue weighted by molar-refractivity contribution is -0.208. The Morgan fingerprint density at radius 3 is 2.20 bits per heavy atom. The number of hydrogen-bond donors (Lipinski definition) is 0. The molecular weight excluding hydrogens is 414 g/mol. The molecule has 1 fully saturated rings. The van der Waals surface area contributed by atoms with Crippen LogP contribution < -0.4 is 0 Å². The number of azide groups is 1. The van der Waals surface area contributed by atoms with Crippen molar-refractivity contribution < 1.29 is 33.3 Å². The Labute approximate surface area is 177 Å². The molecule has 10 nitrogen and oxygen atoms in total. The van der Waals surface area contributed by atoms with Gasteiger partial charge in [0, 0.05) is 30.6 Å². The summed E-state index contributed by atoms with van der Waals surface area (Å²) >= 11 is 1.25. The first-order chi connectivity index (χ1) is 14.2. The first kappa shape index (κ1) is 23.5. The molecule has 1 aliphatic heterocycles. The number of hydrogen-bond acceptors (Lipinski definition) is 9. The van der Waals surface area contributed by atoms with E-state index in [0.29, 0.717) is 0 Å². The van der Waals surface area contributed by atoms with Crippen LogP contribution in [0, 0.1) is 6.92 Å². The fraction of sp³-hybridized carbons (Fsp3) is 0.526. The molecule has 162 valence electrons. The Morgan fingerprint density at radius 1 is 1.07 bits per heavy atom. The first-order valence-electron chi connectivity index (χ1n) is 9.12. The third kappa shape index (κ3) is 6.65. The van der Waals surface area contributed by atoms with Crippen LogP contribution in [0.5, 0.6) is 0 Å². The monoisotopic (exact) mass is 437 g/mol. The molecular formula is C19H23N3O7S. The molecule has 1 heterocycles. The molecule has 11 heteroatoms. The highest BCUT2D eigenvalue weighted by molar-refractivity contribution is 7.99. The summed E-state index contributed by atoms with van der Waals surface area (Å²) in [7, 11) is 0. The molecule has 1 saturated heterocycles. The Bertz CT molecular complexity index is 826. The van der Waals surface area contributed by atoms with Gasteiger partial charge in [0.05, 0.1) is 0 Å². The zero-order valence-corrected chi connectivity index (χ0v) is 17.8. The Morgan fingerprint density at radius 2 is 1.67 bits per heavy atom.